The third-order valence-corrected chi connectivity index (χ3v) is 6.58. The van der Waals surface area contributed by atoms with Gasteiger partial charge in [0.25, 0.3) is 15.9 Å². The fourth-order valence-electron chi connectivity index (χ4n) is 3.11. The summed E-state index contributed by atoms with van der Waals surface area (Å²) in [6.45, 7) is 0. The van der Waals surface area contributed by atoms with Gasteiger partial charge in [-0.1, -0.05) is 52.3 Å². The molecule has 10 heteroatoms. The lowest BCUT2D eigenvalue weighted by atomic mass is 10.1. The number of aliphatic imine (C=N–C) groups is 1. The largest absolute Gasteiger partial charge is 0.504 e. The normalized spacial score (nSPS) is 15.1. The zero-order valence-electron chi connectivity index (χ0n) is 17.3. The molecule has 0 bridgehead atoms. The number of carbonyl (C=O) groups excluding carboxylic acids is 1. The molecule has 8 nitrogen and oxygen atoms in total. The van der Waals surface area contributed by atoms with E-state index >= 15 is 0 Å². The van der Waals surface area contributed by atoms with Crippen molar-refractivity contribution in [1.82, 2.24) is 9.84 Å². The summed E-state index contributed by atoms with van der Waals surface area (Å²) >= 11 is 3.27. The molecule has 0 aliphatic carbocycles. The number of carbonyl (C=O) groups is 1. The van der Waals surface area contributed by atoms with E-state index in [4.69, 9.17) is 4.74 Å². The molecule has 0 spiro atoms. The number of hydrazine groups is 1. The Morgan fingerprint density at radius 3 is 2.42 bits per heavy atom. The monoisotopic (exact) mass is 527 g/mol. The molecule has 3 aromatic carbocycles. The van der Waals surface area contributed by atoms with Crippen LogP contribution in [0.1, 0.15) is 11.1 Å². The van der Waals surface area contributed by atoms with Gasteiger partial charge < -0.3 is 9.84 Å². The number of phenols is 1. The van der Waals surface area contributed by atoms with Gasteiger partial charge in [0.15, 0.2) is 17.3 Å². The van der Waals surface area contributed by atoms with Gasteiger partial charge in [0.05, 0.1) is 12.0 Å². The van der Waals surface area contributed by atoms with E-state index in [1.54, 1.807) is 54.6 Å². The number of amidine groups is 1. The summed E-state index contributed by atoms with van der Waals surface area (Å²) in [5.41, 5.74) is 1.11. The molecule has 2 N–H and O–H groups in total. The zero-order valence-corrected chi connectivity index (χ0v) is 19.7. The van der Waals surface area contributed by atoms with Crippen molar-refractivity contribution < 1.29 is 23.1 Å². The van der Waals surface area contributed by atoms with Crippen molar-refractivity contribution in [3.05, 3.63) is 94.1 Å². The molecule has 0 unspecified atom stereocenters. The minimum atomic E-state index is -4.07. The standard InChI is InChI=1S/C23H18BrN3O5S/c1-32-21-14-15(7-12-20(21)28)13-19-23(29)27(22(25-19)16-5-3-2-4-6-16)26-33(30,31)18-10-8-17(24)9-11-18/h2-14,26,28H,1H3/b19-13-. The summed E-state index contributed by atoms with van der Waals surface area (Å²) in [4.78, 5) is 19.9. The second kappa shape index (κ2) is 9.18. The second-order valence-electron chi connectivity index (χ2n) is 6.95. The number of sulfonamides is 1. The van der Waals surface area contributed by atoms with E-state index in [2.05, 4.69) is 25.8 Å². The lowest BCUT2D eigenvalue weighted by Crippen LogP contribution is -2.47. The molecule has 1 aliphatic rings. The van der Waals surface area contributed by atoms with Crippen LogP contribution in [0.4, 0.5) is 0 Å². The molecule has 1 aliphatic heterocycles. The summed E-state index contributed by atoms with van der Waals surface area (Å²) in [5, 5.41) is 10.7. The number of ether oxygens (including phenoxy) is 1. The Hall–Kier alpha value is -3.47. The maximum atomic E-state index is 13.2. The lowest BCUT2D eigenvalue weighted by molar-refractivity contribution is -0.123. The van der Waals surface area contributed by atoms with Crippen LogP contribution in [0.15, 0.2) is 92.9 Å². The number of halogens is 1. The molecule has 0 atom stereocenters. The molecule has 0 fully saturated rings. The Morgan fingerprint density at radius 1 is 1.06 bits per heavy atom. The summed E-state index contributed by atoms with van der Waals surface area (Å²) in [5.74, 6) is -0.329. The van der Waals surface area contributed by atoms with E-state index in [0.29, 0.717) is 11.1 Å². The van der Waals surface area contributed by atoms with Gasteiger partial charge in [0.1, 0.15) is 5.70 Å². The highest BCUT2D eigenvalue weighted by molar-refractivity contribution is 9.10. The zero-order chi connectivity index (χ0) is 23.6. The molecule has 0 aromatic heterocycles. The number of nitrogens with one attached hydrogen (secondary N) is 1. The number of aromatic hydroxyl groups is 1. The fraction of sp³-hybridized carbons (Fsp3) is 0.0435. The van der Waals surface area contributed by atoms with Crippen molar-refractivity contribution in [3.8, 4) is 11.5 Å². The molecular formula is C23H18BrN3O5S. The highest BCUT2D eigenvalue weighted by Crippen LogP contribution is 2.29. The van der Waals surface area contributed by atoms with Crippen LogP contribution in [0.2, 0.25) is 0 Å². The van der Waals surface area contributed by atoms with Crippen LogP contribution in [-0.2, 0) is 14.8 Å². The Kier molecular flexibility index (Phi) is 6.32. The van der Waals surface area contributed by atoms with Crippen LogP contribution >= 0.6 is 15.9 Å². The maximum absolute atomic E-state index is 13.2. The molecule has 0 saturated carbocycles. The SMILES string of the molecule is COc1cc(/C=C2\N=C(c3ccccc3)N(NS(=O)(=O)c3ccc(Br)cc3)C2=O)ccc1O. The Balaban J connectivity index is 1.74. The van der Waals surface area contributed by atoms with Crippen LogP contribution < -0.4 is 9.57 Å². The molecule has 4 rings (SSSR count). The van der Waals surface area contributed by atoms with Crippen LogP contribution in [0.25, 0.3) is 6.08 Å². The maximum Gasteiger partial charge on any atom is 0.293 e. The van der Waals surface area contributed by atoms with Gasteiger partial charge in [-0.05, 0) is 48.0 Å². The first-order valence-electron chi connectivity index (χ1n) is 9.64. The minimum absolute atomic E-state index is 0.00777. The number of benzene rings is 3. The number of hydrogen-bond acceptors (Lipinski definition) is 6. The van der Waals surface area contributed by atoms with Gasteiger partial charge in [-0.15, -0.1) is 4.83 Å². The van der Waals surface area contributed by atoms with Crippen molar-refractivity contribution in [2.45, 2.75) is 4.90 Å². The van der Waals surface area contributed by atoms with Gasteiger partial charge in [-0.2, -0.15) is 0 Å². The average molecular weight is 528 g/mol. The quantitative estimate of drug-likeness (QED) is 0.475. The molecule has 0 radical (unpaired) electrons. The number of methoxy groups -OCH3 is 1. The molecule has 3 aromatic rings. The Bertz CT molecular complexity index is 1370. The molecule has 0 saturated heterocycles. The minimum Gasteiger partial charge on any atom is -0.504 e. The van der Waals surface area contributed by atoms with Crippen molar-refractivity contribution in [2.24, 2.45) is 4.99 Å². The molecule has 33 heavy (non-hydrogen) atoms. The Labute approximate surface area is 199 Å². The van der Waals surface area contributed by atoms with Crippen LogP contribution in [-0.4, -0.2) is 37.4 Å². The number of amides is 1. The van der Waals surface area contributed by atoms with Gasteiger partial charge in [0.2, 0.25) is 0 Å². The van der Waals surface area contributed by atoms with Crippen LogP contribution in [0, 0.1) is 0 Å². The molecule has 1 amide bonds. The second-order valence-corrected chi connectivity index (χ2v) is 9.53. The van der Waals surface area contributed by atoms with Crippen molar-refractivity contribution in [2.75, 3.05) is 7.11 Å². The first-order valence-corrected chi connectivity index (χ1v) is 11.9. The number of rotatable bonds is 6. The van der Waals surface area contributed by atoms with Crippen molar-refractivity contribution in [1.29, 1.82) is 0 Å². The van der Waals surface area contributed by atoms with E-state index in [1.807, 2.05) is 0 Å². The fourth-order valence-corrected chi connectivity index (χ4v) is 4.38. The average Bonchev–Trinajstić information content (AvgIpc) is 3.10. The highest BCUT2D eigenvalue weighted by Gasteiger charge is 2.35. The third kappa shape index (κ3) is 4.82. The molecule has 1 heterocycles. The number of phenolic OH excluding ortho intramolecular Hbond substituents is 1. The van der Waals surface area contributed by atoms with E-state index in [0.717, 1.165) is 9.48 Å². The van der Waals surface area contributed by atoms with Gasteiger partial charge in [0, 0.05) is 10.0 Å². The van der Waals surface area contributed by atoms with E-state index < -0.39 is 15.9 Å². The number of hydrogen-bond donors (Lipinski definition) is 2. The first-order chi connectivity index (χ1) is 15.8. The van der Waals surface area contributed by atoms with E-state index in [9.17, 15) is 18.3 Å². The first kappa shape index (κ1) is 22.7. The van der Waals surface area contributed by atoms with Crippen molar-refractivity contribution in [3.63, 3.8) is 0 Å². The topological polar surface area (TPSA) is 108 Å². The van der Waals surface area contributed by atoms with Crippen molar-refractivity contribution >= 4 is 43.8 Å². The Morgan fingerprint density at radius 2 is 1.76 bits per heavy atom. The third-order valence-electron chi connectivity index (χ3n) is 4.73. The highest BCUT2D eigenvalue weighted by atomic mass is 79.9. The summed E-state index contributed by atoms with van der Waals surface area (Å²) < 4.78 is 31.8. The summed E-state index contributed by atoms with van der Waals surface area (Å²) in [6.07, 6.45) is 1.49. The van der Waals surface area contributed by atoms with Gasteiger partial charge >= 0.3 is 0 Å². The summed E-state index contributed by atoms with van der Waals surface area (Å²) in [7, 11) is -2.66. The molecular weight excluding hydrogens is 510 g/mol. The predicted molar refractivity (Wildman–Crippen MR) is 127 cm³/mol. The smallest absolute Gasteiger partial charge is 0.293 e. The predicted octanol–water partition coefficient (Wildman–Crippen LogP) is 3.69. The van der Waals surface area contributed by atoms with Crippen LogP contribution in [0.5, 0.6) is 11.5 Å². The van der Waals surface area contributed by atoms with E-state index in [-0.39, 0.29) is 27.9 Å². The van der Waals surface area contributed by atoms with Gasteiger partial charge in [-0.25, -0.2) is 18.4 Å². The molecule has 168 valence electrons. The number of nitrogens with zero attached hydrogens (tertiary/aromatic N) is 2. The van der Waals surface area contributed by atoms with Gasteiger partial charge in [-0.3, -0.25) is 4.79 Å². The van der Waals surface area contributed by atoms with E-state index in [1.165, 1.54) is 31.4 Å². The lowest BCUT2D eigenvalue weighted by Gasteiger charge is -2.19. The van der Waals surface area contributed by atoms with Crippen LogP contribution in [0.3, 0.4) is 0 Å². The summed E-state index contributed by atoms with van der Waals surface area (Å²) in [6, 6.07) is 19.4.